The Balaban J connectivity index is 1.71. The Bertz CT molecular complexity index is 826. The zero-order valence-corrected chi connectivity index (χ0v) is 15.6. The molecular weight excluding hydrogens is 334 g/mol. The minimum Gasteiger partial charge on any atom is -0.356 e. The van der Waals surface area contributed by atoms with Crippen molar-refractivity contribution in [2.75, 3.05) is 18.0 Å². The number of anilines is 1. The summed E-state index contributed by atoms with van der Waals surface area (Å²) < 4.78 is 27.6. The Morgan fingerprint density at radius 1 is 1.04 bits per heavy atom. The number of aromatic nitrogens is 1. The Hall–Kier alpha value is -1.92. The fourth-order valence-electron chi connectivity index (χ4n) is 3.06. The van der Waals surface area contributed by atoms with Crippen LogP contribution in [0.2, 0.25) is 0 Å². The Morgan fingerprint density at radius 3 is 2.40 bits per heavy atom. The summed E-state index contributed by atoms with van der Waals surface area (Å²) in [5.41, 5.74) is 3.79. The molecule has 0 saturated carbocycles. The van der Waals surface area contributed by atoms with E-state index in [1.54, 1.807) is 0 Å². The average Bonchev–Trinajstić information content (AvgIpc) is 3.10. The lowest BCUT2D eigenvalue weighted by molar-refractivity contribution is 0.580. The molecule has 6 heteroatoms. The standard InChI is InChI=1S/C19H25N3O2S/c1-15-5-8-17(9-6-15)14-25(23,24)20-13-18-10-7-16(2)21-19(18)22-11-3-4-12-22/h5-10,20H,3-4,11-14H2,1-2H3. The zero-order chi connectivity index (χ0) is 17.9. The van der Waals surface area contributed by atoms with E-state index in [0.29, 0.717) is 0 Å². The molecule has 0 aliphatic carbocycles. The van der Waals surface area contributed by atoms with Crippen molar-refractivity contribution in [3.63, 3.8) is 0 Å². The molecule has 0 amide bonds. The number of aryl methyl sites for hydroxylation is 2. The van der Waals surface area contributed by atoms with Crippen molar-refractivity contribution in [2.24, 2.45) is 0 Å². The van der Waals surface area contributed by atoms with Crippen LogP contribution in [-0.2, 0) is 22.3 Å². The first-order valence-electron chi connectivity index (χ1n) is 8.67. The number of nitrogens with zero attached hydrogens (tertiary/aromatic N) is 2. The Labute approximate surface area is 150 Å². The molecule has 0 bridgehead atoms. The topological polar surface area (TPSA) is 62.3 Å². The van der Waals surface area contributed by atoms with E-state index in [-0.39, 0.29) is 12.3 Å². The summed E-state index contributed by atoms with van der Waals surface area (Å²) in [4.78, 5) is 6.89. The van der Waals surface area contributed by atoms with E-state index in [1.165, 1.54) is 0 Å². The summed E-state index contributed by atoms with van der Waals surface area (Å²) in [5.74, 6) is 0.904. The van der Waals surface area contributed by atoms with Crippen molar-refractivity contribution in [1.29, 1.82) is 0 Å². The van der Waals surface area contributed by atoms with Crippen LogP contribution in [0, 0.1) is 13.8 Å². The van der Waals surface area contributed by atoms with Gasteiger partial charge in [0.15, 0.2) is 0 Å². The highest BCUT2D eigenvalue weighted by atomic mass is 32.2. The minimum absolute atomic E-state index is 0.00832. The molecule has 1 aliphatic heterocycles. The molecule has 1 aliphatic rings. The van der Waals surface area contributed by atoms with E-state index >= 15 is 0 Å². The SMILES string of the molecule is Cc1ccc(CS(=O)(=O)NCc2ccc(C)nc2N2CCCC2)cc1. The molecule has 1 aromatic carbocycles. The van der Waals surface area contributed by atoms with E-state index in [2.05, 4.69) is 14.6 Å². The van der Waals surface area contributed by atoms with Gasteiger partial charge in [-0.15, -0.1) is 0 Å². The highest BCUT2D eigenvalue weighted by Gasteiger charge is 2.19. The van der Waals surface area contributed by atoms with Gasteiger partial charge in [-0.25, -0.2) is 18.1 Å². The number of pyridine rings is 1. The quantitative estimate of drug-likeness (QED) is 0.861. The van der Waals surface area contributed by atoms with Crippen molar-refractivity contribution >= 4 is 15.8 Å². The summed E-state index contributed by atoms with van der Waals surface area (Å²) >= 11 is 0. The monoisotopic (exact) mass is 359 g/mol. The number of benzene rings is 1. The summed E-state index contributed by atoms with van der Waals surface area (Å²) in [6.45, 7) is 6.19. The van der Waals surface area contributed by atoms with E-state index in [9.17, 15) is 8.42 Å². The van der Waals surface area contributed by atoms with Crippen molar-refractivity contribution in [3.05, 3.63) is 58.8 Å². The first-order valence-corrected chi connectivity index (χ1v) is 10.3. The predicted octanol–water partition coefficient (Wildman–Crippen LogP) is 2.92. The maximum absolute atomic E-state index is 12.4. The number of sulfonamides is 1. The largest absolute Gasteiger partial charge is 0.356 e. The van der Waals surface area contributed by atoms with Gasteiger partial charge in [0, 0.05) is 30.9 Å². The van der Waals surface area contributed by atoms with Crippen LogP contribution in [0.25, 0.3) is 0 Å². The van der Waals surface area contributed by atoms with Gasteiger partial charge >= 0.3 is 0 Å². The molecule has 0 radical (unpaired) electrons. The molecule has 0 unspecified atom stereocenters. The van der Waals surface area contributed by atoms with Crippen LogP contribution in [-0.4, -0.2) is 26.5 Å². The minimum atomic E-state index is -3.39. The molecule has 2 heterocycles. The van der Waals surface area contributed by atoms with E-state index in [0.717, 1.165) is 54.1 Å². The van der Waals surface area contributed by atoms with Crippen molar-refractivity contribution in [2.45, 2.75) is 39.0 Å². The second-order valence-electron chi connectivity index (χ2n) is 6.70. The molecule has 2 aromatic rings. The fourth-order valence-corrected chi connectivity index (χ4v) is 4.16. The van der Waals surface area contributed by atoms with Gasteiger partial charge in [0.2, 0.25) is 10.0 Å². The van der Waals surface area contributed by atoms with Crippen LogP contribution in [0.4, 0.5) is 5.82 Å². The summed E-state index contributed by atoms with van der Waals surface area (Å²) in [6.07, 6.45) is 2.32. The van der Waals surface area contributed by atoms with Crippen LogP contribution in [0.3, 0.4) is 0 Å². The molecule has 1 aromatic heterocycles. The lowest BCUT2D eigenvalue weighted by atomic mass is 10.2. The summed E-state index contributed by atoms with van der Waals surface area (Å²) in [6, 6.07) is 11.5. The maximum Gasteiger partial charge on any atom is 0.216 e. The molecule has 0 atom stereocenters. The number of hydrogen-bond donors (Lipinski definition) is 1. The van der Waals surface area contributed by atoms with Crippen molar-refractivity contribution < 1.29 is 8.42 Å². The molecular formula is C19H25N3O2S. The number of rotatable bonds is 6. The summed E-state index contributed by atoms with van der Waals surface area (Å²) in [7, 11) is -3.39. The highest BCUT2D eigenvalue weighted by Crippen LogP contribution is 2.23. The molecule has 1 fully saturated rings. The van der Waals surface area contributed by atoms with Gasteiger partial charge in [0.25, 0.3) is 0 Å². The number of nitrogens with one attached hydrogen (secondary N) is 1. The molecule has 0 spiro atoms. The Morgan fingerprint density at radius 2 is 1.72 bits per heavy atom. The Kier molecular flexibility index (Phi) is 5.39. The first kappa shape index (κ1) is 17.9. The van der Waals surface area contributed by atoms with E-state index < -0.39 is 10.0 Å². The van der Waals surface area contributed by atoms with Gasteiger partial charge in [0.1, 0.15) is 5.82 Å². The maximum atomic E-state index is 12.4. The lowest BCUT2D eigenvalue weighted by Crippen LogP contribution is -2.27. The fraction of sp³-hybridized carbons (Fsp3) is 0.421. The third-order valence-corrected chi connectivity index (χ3v) is 5.76. The van der Waals surface area contributed by atoms with Gasteiger partial charge in [0.05, 0.1) is 5.75 Å². The van der Waals surface area contributed by atoms with Gasteiger partial charge in [-0.2, -0.15) is 0 Å². The molecule has 1 N–H and O–H groups in total. The summed E-state index contributed by atoms with van der Waals surface area (Å²) in [5, 5.41) is 0. The van der Waals surface area contributed by atoms with Gasteiger partial charge in [-0.1, -0.05) is 35.9 Å². The van der Waals surface area contributed by atoms with E-state index in [4.69, 9.17) is 0 Å². The van der Waals surface area contributed by atoms with Crippen LogP contribution < -0.4 is 9.62 Å². The molecule has 3 rings (SSSR count). The van der Waals surface area contributed by atoms with Crippen LogP contribution in [0.15, 0.2) is 36.4 Å². The van der Waals surface area contributed by atoms with Crippen molar-refractivity contribution in [3.8, 4) is 0 Å². The second-order valence-corrected chi connectivity index (χ2v) is 8.50. The molecule has 5 nitrogen and oxygen atoms in total. The highest BCUT2D eigenvalue weighted by molar-refractivity contribution is 7.88. The van der Waals surface area contributed by atoms with Gasteiger partial charge in [-0.3, -0.25) is 0 Å². The normalized spacial score (nSPS) is 14.9. The lowest BCUT2D eigenvalue weighted by Gasteiger charge is -2.20. The molecule has 134 valence electrons. The molecule has 1 saturated heterocycles. The van der Waals surface area contributed by atoms with Gasteiger partial charge in [-0.05, 0) is 38.3 Å². The third kappa shape index (κ3) is 4.80. The van der Waals surface area contributed by atoms with Gasteiger partial charge < -0.3 is 4.90 Å². The van der Waals surface area contributed by atoms with Crippen LogP contribution in [0.1, 0.15) is 35.2 Å². The second kappa shape index (κ2) is 7.54. The van der Waals surface area contributed by atoms with Crippen LogP contribution in [0.5, 0.6) is 0 Å². The first-order chi connectivity index (χ1) is 11.9. The molecule has 25 heavy (non-hydrogen) atoms. The van der Waals surface area contributed by atoms with Crippen molar-refractivity contribution in [1.82, 2.24) is 9.71 Å². The average molecular weight is 359 g/mol. The predicted molar refractivity (Wildman–Crippen MR) is 101 cm³/mol. The van der Waals surface area contributed by atoms with E-state index in [1.807, 2.05) is 50.2 Å². The zero-order valence-electron chi connectivity index (χ0n) is 14.8. The van der Waals surface area contributed by atoms with Crippen LogP contribution >= 0.6 is 0 Å². The number of hydrogen-bond acceptors (Lipinski definition) is 4. The smallest absolute Gasteiger partial charge is 0.216 e. The third-order valence-electron chi connectivity index (χ3n) is 4.46.